The van der Waals surface area contributed by atoms with Gasteiger partial charge in [0.15, 0.2) is 0 Å². The molecule has 0 atom stereocenters. The molecule has 0 unspecified atom stereocenters. The molecule has 0 fully saturated rings. The maximum atomic E-state index is 9.81. The van der Waals surface area contributed by atoms with Crippen LogP contribution in [0.25, 0.3) is 12.2 Å². The third-order valence-corrected chi connectivity index (χ3v) is 2.39. The smallest absolute Gasteiger partial charge is 0.116 e. The molecule has 3 nitrogen and oxygen atoms in total. The second-order valence-electron chi connectivity index (χ2n) is 3.95. The molecular weight excluding hydrogens is 176 g/mol. The Bertz CT molecular complexity index is 419. The fourth-order valence-corrected chi connectivity index (χ4v) is 1.30. The van der Waals surface area contributed by atoms with Gasteiger partial charge in [-0.2, -0.15) is 0 Å². The zero-order valence-corrected chi connectivity index (χ0v) is 8.23. The number of aromatic nitrogens is 2. The van der Waals surface area contributed by atoms with Crippen molar-refractivity contribution >= 4 is 12.2 Å². The molecule has 0 amide bonds. The number of allylic oxidation sites excluding steroid dienone is 1. The Balaban J connectivity index is 2.60. The third kappa shape index (κ3) is 1.41. The normalized spacial score (nSPS) is 18.3. The van der Waals surface area contributed by atoms with Crippen LogP contribution in [0.1, 0.15) is 25.1 Å². The zero-order valence-electron chi connectivity index (χ0n) is 8.23. The topological polar surface area (TPSA) is 46.0 Å². The molecule has 1 aromatic heterocycles. The molecule has 72 valence electrons. The summed E-state index contributed by atoms with van der Waals surface area (Å²) in [7, 11) is 0. The van der Waals surface area contributed by atoms with E-state index in [4.69, 9.17) is 0 Å². The van der Waals surface area contributed by atoms with Crippen LogP contribution in [-0.4, -0.2) is 15.1 Å². The van der Waals surface area contributed by atoms with E-state index < -0.39 is 0 Å². The SMILES string of the molecule is CC1(C)C=Cc2cncnc2C=C1O. The van der Waals surface area contributed by atoms with Crippen molar-refractivity contribution < 1.29 is 5.11 Å². The van der Waals surface area contributed by atoms with Crippen molar-refractivity contribution in [2.24, 2.45) is 5.41 Å². The number of aliphatic hydroxyl groups is 1. The van der Waals surface area contributed by atoms with Crippen molar-refractivity contribution in [3.05, 3.63) is 35.6 Å². The Labute approximate surface area is 82.8 Å². The van der Waals surface area contributed by atoms with Crippen molar-refractivity contribution in [1.29, 1.82) is 0 Å². The van der Waals surface area contributed by atoms with E-state index in [1.807, 2.05) is 26.0 Å². The predicted molar refractivity (Wildman–Crippen MR) is 55.5 cm³/mol. The van der Waals surface area contributed by atoms with Gasteiger partial charge in [-0.05, 0) is 13.8 Å². The fraction of sp³-hybridized carbons (Fsp3) is 0.273. The number of hydrogen-bond donors (Lipinski definition) is 1. The average Bonchev–Trinajstić information content (AvgIpc) is 2.26. The minimum Gasteiger partial charge on any atom is -0.511 e. The molecular formula is C11H12N2O. The van der Waals surface area contributed by atoms with Gasteiger partial charge in [0.2, 0.25) is 0 Å². The zero-order chi connectivity index (χ0) is 10.2. The summed E-state index contributed by atoms with van der Waals surface area (Å²) < 4.78 is 0. The van der Waals surface area contributed by atoms with Gasteiger partial charge in [0, 0.05) is 23.3 Å². The molecule has 2 rings (SSSR count). The van der Waals surface area contributed by atoms with Crippen LogP contribution in [0.5, 0.6) is 0 Å². The molecule has 1 aromatic rings. The van der Waals surface area contributed by atoms with E-state index in [2.05, 4.69) is 9.97 Å². The van der Waals surface area contributed by atoms with Gasteiger partial charge in [0.05, 0.1) is 5.69 Å². The van der Waals surface area contributed by atoms with Crippen LogP contribution < -0.4 is 0 Å². The maximum Gasteiger partial charge on any atom is 0.116 e. The average molecular weight is 188 g/mol. The molecule has 0 spiro atoms. The van der Waals surface area contributed by atoms with Gasteiger partial charge in [0.25, 0.3) is 0 Å². The number of aliphatic hydroxyl groups excluding tert-OH is 1. The van der Waals surface area contributed by atoms with Gasteiger partial charge in [-0.15, -0.1) is 0 Å². The highest BCUT2D eigenvalue weighted by Crippen LogP contribution is 2.31. The summed E-state index contributed by atoms with van der Waals surface area (Å²) in [6, 6.07) is 0. The molecule has 3 heteroatoms. The van der Waals surface area contributed by atoms with Gasteiger partial charge in [-0.3, -0.25) is 0 Å². The Hall–Kier alpha value is -1.64. The Kier molecular flexibility index (Phi) is 1.88. The van der Waals surface area contributed by atoms with Gasteiger partial charge in [-0.25, -0.2) is 9.97 Å². The number of nitrogens with zero attached hydrogens (tertiary/aromatic N) is 2. The molecule has 0 aromatic carbocycles. The van der Waals surface area contributed by atoms with Crippen LogP contribution in [0.4, 0.5) is 0 Å². The van der Waals surface area contributed by atoms with E-state index >= 15 is 0 Å². The van der Waals surface area contributed by atoms with Crippen molar-refractivity contribution in [1.82, 2.24) is 9.97 Å². The summed E-state index contributed by atoms with van der Waals surface area (Å²) in [6.45, 7) is 3.91. The quantitative estimate of drug-likeness (QED) is 0.680. The van der Waals surface area contributed by atoms with Gasteiger partial charge in [-0.1, -0.05) is 12.2 Å². The van der Waals surface area contributed by atoms with Crippen LogP contribution in [-0.2, 0) is 0 Å². The first-order valence-corrected chi connectivity index (χ1v) is 4.50. The van der Waals surface area contributed by atoms with E-state index in [1.165, 1.54) is 6.33 Å². The molecule has 0 aliphatic heterocycles. The van der Waals surface area contributed by atoms with Crippen LogP contribution in [0.2, 0.25) is 0 Å². The second kappa shape index (κ2) is 2.94. The summed E-state index contributed by atoms with van der Waals surface area (Å²) in [6.07, 6.45) is 8.80. The van der Waals surface area contributed by atoms with E-state index in [0.29, 0.717) is 5.76 Å². The summed E-state index contributed by atoms with van der Waals surface area (Å²) in [5.41, 5.74) is 1.37. The Morgan fingerprint density at radius 1 is 1.36 bits per heavy atom. The van der Waals surface area contributed by atoms with E-state index in [1.54, 1.807) is 12.3 Å². The summed E-state index contributed by atoms with van der Waals surface area (Å²) in [5.74, 6) is 0.325. The highest BCUT2D eigenvalue weighted by Gasteiger charge is 2.22. The first-order valence-electron chi connectivity index (χ1n) is 4.50. The Morgan fingerprint density at radius 3 is 2.93 bits per heavy atom. The highest BCUT2D eigenvalue weighted by atomic mass is 16.3. The van der Waals surface area contributed by atoms with Gasteiger partial charge < -0.3 is 5.11 Å². The summed E-state index contributed by atoms with van der Waals surface area (Å²) in [4.78, 5) is 8.04. The molecule has 14 heavy (non-hydrogen) atoms. The summed E-state index contributed by atoms with van der Waals surface area (Å²) in [5, 5.41) is 9.81. The number of fused-ring (bicyclic) bond motifs is 1. The monoisotopic (exact) mass is 188 g/mol. The first-order chi connectivity index (χ1) is 6.59. The number of rotatable bonds is 0. The predicted octanol–water partition coefficient (Wildman–Crippen LogP) is 2.43. The lowest BCUT2D eigenvalue weighted by Crippen LogP contribution is -2.09. The van der Waals surface area contributed by atoms with Crippen molar-refractivity contribution in [3.8, 4) is 0 Å². The van der Waals surface area contributed by atoms with Gasteiger partial charge in [0.1, 0.15) is 12.1 Å². The molecule has 0 radical (unpaired) electrons. The minimum atomic E-state index is -0.333. The Morgan fingerprint density at radius 2 is 2.14 bits per heavy atom. The van der Waals surface area contributed by atoms with E-state index in [-0.39, 0.29) is 5.41 Å². The van der Waals surface area contributed by atoms with Crippen molar-refractivity contribution in [2.45, 2.75) is 13.8 Å². The molecule has 0 saturated heterocycles. The lowest BCUT2D eigenvalue weighted by molar-refractivity contribution is 0.309. The molecule has 1 aliphatic rings. The fourth-order valence-electron chi connectivity index (χ4n) is 1.30. The molecule has 1 heterocycles. The highest BCUT2D eigenvalue weighted by molar-refractivity contribution is 5.66. The lowest BCUT2D eigenvalue weighted by Gasteiger charge is -2.17. The number of hydrogen-bond acceptors (Lipinski definition) is 3. The molecule has 1 aliphatic carbocycles. The standard InChI is InChI=1S/C11H12N2O/c1-11(2)4-3-8-6-12-7-13-9(8)5-10(11)14/h3-7,14H,1-2H3. The van der Waals surface area contributed by atoms with Crippen LogP contribution >= 0.6 is 0 Å². The van der Waals surface area contributed by atoms with Crippen LogP contribution in [0.3, 0.4) is 0 Å². The molecule has 1 N–H and O–H groups in total. The third-order valence-electron chi connectivity index (χ3n) is 2.39. The van der Waals surface area contributed by atoms with Crippen LogP contribution in [0.15, 0.2) is 24.4 Å². The largest absolute Gasteiger partial charge is 0.511 e. The first kappa shape index (κ1) is 8.94. The summed E-state index contributed by atoms with van der Waals surface area (Å²) >= 11 is 0. The van der Waals surface area contributed by atoms with Crippen molar-refractivity contribution in [3.63, 3.8) is 0 Å². The van der Waals surface area contributed by atoms with E-state index in [9.17, 15) is 5.11 Å². The van der Waals surface area contributed by atoms with Crippen molar-refractivity contribution in [2.75, 3.05) is 0 Å². The maximum absolute atomic E-state index is 9.81. The van der Waals surface area contributed by atoms with Gasteiger partial charge >= 0.3 is 0 Å². The second-order valence-corrected chi connectivity index (χ2v) is 3.95. The molecule has 0 bridgehead atoms. The molecule has 0 saturated carbocycles. The lowest BCUT2D eigenvalue weighted by atomic mass is 9.91. The van der Waals surface area contributed by atoms with Crippen LogP contribution in [0, 0.1) is 5.41 Å². The minimum absolute atomic E-state index is 0.325. The van der Waals surface area contributed by atoms with E-state index in [0.717, 1.165) is 11.3 Å².